The summed E-state index contributed by atoms with van der Waals surface area (Å²) in [5, 5.41) is 0. The molecule has 3 rings (SSSR count). The third-order valence-electron chi connectivity index (χ3n) is 4.47. The van der Waals surface area contributed by atoms with E-state index < -0.39 is 21.8 Å². The normalized spacial score (nSPS) is 15.4. The van der Waals surface area contributed by atoms with Crippen molar-refractivity contribution in [3.63, 3.8) is 0 Å². The van der Waals surface area contributed by atoms with Crippen LogP contribution in [0.2, 0.25) is 0 Å². The summed E-state index contributed by atoms with van der Waals surface area (Å²) in [7, 11) is 0.00753. The molecule has 1 aliphatic rings. The van der Waals surface area contributed by atoms with E-state index in [0.717, 1.165) is 35.8 Å². The highest BCUT2D eigenvalue weighted by Gasteiger charge is 2.41. The molecule has 0 atom stereocenters. The average Bonchev–Trinajstić information content (AvgIpc) is 2.82. The highest BCUT2D eigenvalue weighted by molar-refractivity contribution is 7.95. The lowest BCUT2D eigenvalue weighted by Gasteiger charge is -2.22. The van der Waals surface area contributed by atoms with Crippen LogP contribution in [-0.2, 0) is 10.2 Å². The van der Waals surface area contributed by atoms with Crippen LogP contribution in [0.15, 0.2) is 42.5 Å². The first kappa shape index (κ1) is 19.6. The van der Waals surface area contributed by atoms with Crippen molar-refractivity contribution in [3.8, 4) is 0 Å². The van der Waals surface area contributed by atoms with Gasteiger partial charge in [0.25, 0.3) is 0 Å². The summed E-state index contributed by atoms with van der Waals surface area (Å²) in [6.45, 7) is 1.25. The number of anilines is 3. The van der Waals surface area contributed by atoms with E-state index in [1.165, 1.54) is 4.31 Å². The number of rotatable bonds is 7. The molecule has 0 saturated heterocycles. The van der Waals surface area contributed by atoms with Crippen LogP contribution in [-0.4, -0.2) is 40.5 Å². The average molecular weight is 395 g/mol. The Labute approximate surface area is 159 Å². The molecule has 0 saturated carbocycles. The maximum Gasteiger partial charge on any atom is 0.331 e. The Hall–Kier alpha value is -2.19. The Morgan fingerprint density at radius 3 is 2.30 bits per heavy atom. The van der Waals surface area contributed by atoms with Crippen molar-refractivity contribution in [2.24, 2.45) is 0 Å². The second-order valence-electron chi connectivity index (χ2n) is 6.79. The van der Waals surface area contributed by atoms with Crippen LogP contribution in [0.1, 0.15) is 19.3 Å². The standard InChI is InChI=1S/C19H23F2N3O2S/c1-22(2)12-6-3-7-13-23-18-8-4-5-9-19(18)24(27(23,25)26)17-11-10-15(20)14-16(17)21/h4-5,8-11,14H,3,6-7,12-13H2,1-2H3. The van der Waals surface area contributed by atoms with Crippen molar-refractivity contribution in [1.82, 2.24) is 4.90 Å². The molecular weight excluding hydrogens is 372 g/mol. The topological polar surface area (TPSA) is 43.9 Å². The quantitative estimate of drug-likeness (QED) is 0.668. The largest absolute Gasteiger partial charge is 0.331 e. The van der Waals surface area contributed by atoms with Gasteiger partial charge in [-0.25, -0.2) is 13.1 Å². The van der Waals surface area contributed by atoms with E-state index >= 15 is 0 Å². The molecule has 1 aliphatic heterocycles. The first-order valence-corrected chi connectivity index (χ1v) is 10.2. The summed E-state index contributed by atoms with van der Waals surface area (Å²) < 4.78 is 56.1. The molecule has 27 heavy (non-hydrogen) atoms. The second-order valence-corrected chi connectivity index (χ2v) is 8.49. The minimum atomic E-state index is -3.99. The fourth-order valence-corrected chi connectivity index (χ4v) is 4.95. The zero-order valence-electron chi connectivity index (χ0n) is 15.4. The second kappa shape index (κ2) is 7.82. The van der Waals surface area contributed by atoms with E-state index in [4.69, 9.17) is 0 Å². The maximum absolute atomic E-state index is 14.3. The highest BCUT2D eigenvalue weighted by atomic mass is 32.2. The van der Waals surface area contributed by atoms with E-state index in [0.29, 0.717) is 30.4 Å². The summed E-state index contributed by atoms with van der Waals surface area (Å²) in [6.07, 6.45) is 2.55. The van der Waals surface area contributed by atoms with Crippen LogP contribution in [0, 0.1) is 11.6 Å². The molecule has 0 aliphatic carbocycles. The Kier molecular flexibility index (Phi) is 5.67. The summed E-state index contributed by atoms with van der Waals surface area (Å²) in [5.41, 5.74) is 0.698. The number of para-hydroxylation sites is 2. The zero-order chi connectivity index (χ0) is 19.6. The van der Waals surface area contributed by atoms with E-state index in [9.17, 15) is 17.2 Å². The number of unbranched alkanes of at least 4 members (excludes halogenated alkanes) is 2. The Morgan fingerprint density at radius 1 is 0.926 bits per heavy atom. The van der Waals surface area contributed by atoms with E-state index in [1.807, 2.05) is 14.1 Å². The van der Waals surface area contributed by atoms with Crippen molar-refractivity contribution >= 4 is 27.3 Å². The van der Waals surface area contributed by atoms with Crippen molar-refractivity contribution < 1.29 is 17.2 Å². The maximum atomic E-state index is 14.3. The van der Waals surface area contributed by atoms with E-state index in [2.05, 4.69) is 4.90 Å². The van der Waals surface area contributed by atoms with Gasteiger partial charge in [-0.2, -0.15) is 8.42 Å². The van der Waals surface area contributed by atoms with Crippen LogP contribution in [0.5, 0.6) is 0 Å². The molecule has 0 radical (unpaired) electrons. The molecule has 146 valence electrons. The van der Waals surface area contributed by atoms with Gasteiger partial charge in [0.05, 0.1) is 17.1 Å². The van der Waals surface area contributed by atoms with Gasteiger partial charge in [0.1, 0.15) is 5.82 Å². The van der Waals surface area contributed by atoms with Crippen LogP contribution in [0.3, 0.4) is 0 Å². The minimum absolute atomic E-state index is 0.182. The van der Waals surface area contributed by atoms with Gasteiger partial charge in [-0.1, -0.05) is 18.6 Å². The van der Waals surface area contributed by atoms with Gasteiger partial charge in [0.2, 0.25) is 0 Å². The third-order valence-corrected chi connectivity index (χ3v) is 6.26. The number of fused-ring (bicyclic) bond motifs is 1. The summed E-state index contributed by atoms with van der Waals surface area (Å²) in [4.78, 5) is 2.08. The monoisotopic (exact) mass is 395 g/mol. The summed E-state index contributed by atoms with van der Waals surface area (Å²) in [6, 6.07) is 9.68. The molecule has 2 aromatic carbocycles. The first-order valence-electron chi connectivity index (χ1n) is 8.84. The van der Waals surface area contributed by atoms with Crippen LogP contribution >= 0.6 is 0 Å². The first-order chi connectivity index (χ1) is 12.8. The highest BCUT2D eigenvalue weighted by Crippen LogP contribution is 2.45. The zero-order valence-corrected chi connectivity index (χ0v) is 16.2. The molecule has 5 nitrogen and oxygen atoms in total. The Balaban J connectivity index is 1.89. The lowest BCUT2D eigenvalue weighted by atomic mass is 10.2. The molecule has 0 fully saturated rings. The molecule has 0 N–H and O–H groups in total. The predicted octanol–water partition coefficient (Wildman–Crippen LogP) is 3.90. The lowest BCUT2D eigenvalue weighted by molar-refractivity contribution is 0.392. The van der Waals surface area contributed by atoms with Gasteiger partial charge in [-0.3, -0.25) is 4.31 Å². The molecule has 8 heteroatoms. The molecule has 1 heterocycles. The SMILES string of the molecule is CN(C)CCCCCN1c2ccccc2N(c2ccc(F)cc2F)S1(=O)=O. The smallest absolute Gasteiger partial charge is 0.309 e. The van der Waals surface area contributed by atoms with Gasteiger partial charge in [0, 0.05) is 12.6 Å². The van der Waals surface area contributed by atoms with Gasteiger partial charge in [-0.05, 0) is 57.7 Å². The summed E-state index contributed by atoms with van der Waals surface area (Å²) in [5.74, 6) is -1.67. The minimum Gasteiger partial charge on any atom is -0.309 e. The Bertz CT molecular complexity index is 919. The molecule has 0 aromatic heterocycles. The van der Waals surface area contributed by atoms with Gasteiger partial charge in [0.15, 0.2) is 5.82 Å². The number of nitrogens with zero attached hydrogens (tertiary/aromatic N) is 3. The molecule has 0 unspecified atom stereocenters. The van der Waals surface area contributed by atoms with Gasteiger partial charge >= 0.3 is 10.2 Å². The molecule has 0 amide bonds. The predicted molar refractivity (Wildman–Crippen MR) is 104 cm³/mol. The lowest BCUT2D eigenvalue weighted by Crippen LogP contribution is -2.36. The fourth-order valence-electron chi connectivity index (χ4n) is 3.19. The van der Waals surface area contributed by atoms with Gasteiger partial charge < -0.3 is 4.90 Å². The number of halogens is 2. The van der Waals surface area contributed by atoms with Crippen molar-refractivity contribution in [3.05, 3.63) is 54.1 Å². The van der Waals surface area contributed by atoms with Gasteiger partial charge in [-0.15, -0.1) is 0 Å². The number of benzene rings is 2. The number of hydrogen-bond acceptors (Lipinski definition) is 3. The van der Waals surface area contributed by atoms with E-state index in [1.54, 1.807) is 24.3 Å². The van der Waals surface area contributed by atoms with Crippen LogP contribution in [0.4, 0.5) is 25.8 Å². The van der Waals surface area contributed by atoms with Crippen molar-refractivity contribution in [2.45, 2.75) is 19.3 Å². The molecule has 0 spiro atoms. The Morgan fingerprint density at radius 2 is 1.63 bits per heavy atom. The molecule has 2 aromatic rings. The fraction of sp³-hybridized carbons (Fsp3) is 0.368. The number of hydrogen-bond donors (Lipinski definition) is 0. The third kappa shape index (κ3) is 3.91. The van der Waals surface area contributed by atoms with E-state index in [-0.39, 0.29) is 5.69 Å². The molecular formula is C19H23F2N3O2S. The summed E-state index contributed by atoms with van der Waals surface area (Å²) >= 11 is 0. The van der Waals surface area contributed by atoms with Crippen LogP contribution in [0.25, 0.3) is 0 Å². The van der Waals surface area contributed by atoms with Crippen LogP contribution < -0.4 is 8.61 Å². The molecule has 0 bridgehead atoms. The van der Waals surface area contributed by atoms with Crippen molar-refractivity contribution in [2.75, 3.05) is 35.8 Å². The van der Waals surface area contributed by atoms with Crippen molar-refractivity contribution in [1.29, 1.82) is 0 Å².